The third-order valence-electron chi connectivity index (χ3n) is 3.80. The number of allylic oxidation sites excluding steroid dienone is 2. The monoisotopic (exact) mass is 312 g/mol. The quantitative estimate of drug-likeness (QED) is 0.758. The number of hydrogen-bond donors (Lipinski definition) is 0. The van der Waals surface area contributed by atoms with Gasteiger partial charge < -0.3 is 14.2 Å². The molecule has 0 radical (unpaired) electrons. The van der Waals surface area contributed by atoms with E-state index in [4.69, 9.17) is 20.6 Å². The first kappa shape index (κ1) is 16.9. The molecule has 0 unspecified atom stereocenters. The van der Waals surface area contributed by atoms with Gasteiger partial charge in [0.05, 0.1) is 20.1 Å². The van der Waals surface area contributed by atoms with Crippen LogP contribution in [0.4, 0.5) is 0 Å². The lowest BCUT2D eigenvalue weighted by atomic mass is 9.76. The fourth-order valence-electron chi connectivity index (χ4n) is 2.89. The highest BCUT2D eigenvalue weighted by Crippen LogP contribution is 2.45. The second-order valence-electron chi connectivity index (χ2n) is 5.01. The molecule has 0 bridgehead atoms. The molecule has 0 amide bonds. The van der Waals surface area contributed by atoms with Crippen molar-refractivity contribution in [1.29, 1.82) is 0 Å². The Morgan fingerprint density at radius 2 is 1.70 bits per heavy atom. The Kier molecular flexibility index (Phi) is 5.25. The molecule has 1 atom stereocenters. The molecule has 0 N–H and O–H groups in total. The van der Waals surface area contributed by atoms with Gasteiger partial charge in [0.2, 0.25) is 0 Å². The number of hydrogen-bond acceptors (Lipinski definition) is 4. The highest BCUT2D eigenvalue weighted by molar-refractivity contribution is 6.01. The Hall–Kier alpha value is -2.51. The molecule has 0 saturated heterocycles. The maximum atomic E-state index is 11.9. The van der Waals surface area contributed by atoms with Crippen LogP contribution in [-0.2, 0) is 19.0 Å². The maximum Gasteiger partial charge on any atom is 0.199 e. The first-order valence-electron chi connectivity index (χ1n) is 7.35. The molecular weight excluding hydrogens is 292 g/mol. The van der Waals surface area contributed by atoms with E-state index < -0.39 is 11.5 Å². The molecule has 4 heteroatoms. The lowest BCUT2D eigenvalue weighted by Crippen LogP contribution is -2.46. The molecule has 0 saturated carbocycles. The molecule has 1 aromatic carbocycles. The molecule has 120 valence electrons. The summed E-state index contributed by atoms with van der Waals surface area (Å²) in [6, 6.07) is 9.55. The van der Waals surface area contributed by atoms with Gasteiger partial charge in [-0.2, -0.15) is 0 Å². The van der Waals surface area contributed by atoms with Gasteiger partial charge in [0.1, 0.15) is 11.5 Å². The van der Waals surface area contributed by atoms with E-state index in [0.717, 1.165) is 5.56 Å². The Labute approximate surface area is 136 Å². The van der Waals surface area contributed by atoms with Crippen LogP contribution in [0.15, 0.2) is 54.0 Å². The highest BCUT2D eigenvalue weighted by atomic mass is 16.6. The van der Waals surface area contributed by atoms with E-state index in [1.54, 1.807) is 0 Å². The smallest absolute Gasteiger partial charge is 0.199 e. The van der Waals surface area contributed by atoms with Crippen LogP contribution in [0.1, 0.15) is 18.4 Å². The van der Waals surface area contributed by atoms with Gasteiger partial charge in [-0.15, -0.1) is 6.42 Å². The third-order valence-corrected chi connectivity index (χ3v) is 3.80. The van der Waals surface area contributed by atoms with E-state index in [-0.39, 0.29) is 5.78 Å². The maximum absolute atomic E-state index is 11.9. The van der Waals surface area contributed by atoms with Crippen molar-refractivity contribution in [2.75, 3.05) is 20.8 Å². The van der Waals surface area contributed by atoms with E-state index >= 15 is 0 Å². The van der Waals surface area contributed by atoms with E-state index in [2.05, 4.69) is 5.92 Å². The van der Waals surface area contributed by atoms with Crippen LogP contribution in [0.5, 0.6) is 0 Å². The summed E-state index contributed by atoms with van der Waals surface area (Å²) in [4.78, 5) is 11.9. The fourth-order valence-corrected chi connectivity index (χ4v) is 2.89. The van der Waals surface area contributed by atoms with E-state index in [0.29, 0.717) is 18.1 Å². The lowest BCUT2D eigenvalue weighted by Gasteiger charge is -2.41. The van der Waals surface area contributed by atoms with E-state index in [1.165, 1.54) is 26.4 Å². The zero-order valence-electron chi connectivity index (χ0n) is 13.5. The van der Waals surface area contributed by atoms with Crippen LogP contribution in [0.25, 0.3) is 0 Å². The van der Waals surface area contributed by atoms with Crippen LogP contribution >= 0.6 is 0 Å². The second-order valence-corrected chi connectivity index (χ2v) is 5.01. The predicted molar refractivity (Wildman–Crippen MR) is 87.6 cm³/mol. The number of ether oxygens (including phenoxy) is 3. The van der Waals surface area contributed by atoms with Gasteiger partial charge >= 0.3 is 0 Å². The number of benzene rings is 1. The fraction of sp³-hybridized carbons (Fsp3) is 0.316. The van der Waals surface area contributed by atoms with Crippen molar-refractivity contribution in [3.8, 4) is 12.3 Å². The molecular formula is C19H20O4. The van der Waals surface area contributed by atoms with E-state index in [1.807, 2.05) is 37.3 Å². The molecule has 1 aliphatic rings. The van der Waals surface area contributed by atoms with Gasteiger partial charge in [-0.3, -0.25) is 4.79 Å². The molecule has 23 heavy (non-hydrogen) atoms. The summed E-state index contributed by atoms with van der Waals surface area (Å²) < 4.78 is 17.0. The Morgan fingerprint density at radius 1 is 1.13 bits per heavy atom. The van der Waals surface area contributed by atoms with Gasteiger partial charge in [-0.1, -0.05) is 36.3 Å². The molecule has 1 aliphatic carbocycles. The van der Waals surface area contributed by atoms with Crippen LogP contribution in [0.3, 0.4) is 0 Å². The van der Waals surface area contributed by atoms with E-state index in [9.17, 15) is 4.79 Å². The Morgan fingerprint density at radius 3 is 2.13 bits per heavy atom. The standard InChI is InChI=1S/C19H20O4/c1-5-16(14-10-8-7-9-11-14)19(23-6-2)17(21-3)12-15(20)13-18(19)22-4/h1,7-13,16H,6H2,2-4H3/t16-/m0/s1. The Balaban J connectivity index is 2.69. The van der Waals surface area contributed by atoms with Gasteiger partial charge in [-0.05, 0) is 12.5 Å². The molecule has 0 spiro atoms. The summed E-state index contributed by atoms with van der Waals surface area (Å²) in [6.45, 7) is 2.23. The first-order valence-corrected chi connectivity index (χ1v) is 7.35. The summed E-state index contributed by atoms with van der Waals surface area (Å²) in [6.07, 6.45) is 8.63. The number of carbonyl (C=O) groups excluding carboxylic acids is 1. The minimum absolute atomic E-state index is 0.224. The second kappa shape index (κ2) is 7.17. The number of methoxy groups -OCH3 is 2. The summed E-state index contributed by atoms with van der Waals surface area (Å²) in [5.41, 5.74) is -0.286. The zero-order valence-corrected chi connectivity index (χ0v) is 13.5. The van der Waals surface area contributed by atoms with Gasteiger partial charge in [-0.25, -0.2) is 0 Å². The van der Waals surface area contributed by atoms with Crippen molar-refractivity contribution in [1.82, 2.24) is 0 Å². The summed E-state index contributed by atoms with van der Waals surface area (Å²) >= 11 is 0. The molecule has 0 heterocycles. The molecule has 0 fully saturated rings. The molecule has 0 aromatic heterocycles. The van der Waals surface area contributed by atoms with Crippen LogP contribution < -0.4 is 0 Å². The number of terminal acetylenes is 1. The highest BCUT2D eigenvalue weighted by Gasteiger charge is 2.51. The van der Waals surface area contributed by atoms with Crippen LogP contribution in [-0.4, -0.2) is 32.2 Å². The molecule has 4 nitrogen and oxygen atoms in total. The summed E-state index contributed by atoms with van der Waals surface area (Å²) in [5, 5.41) is 0. The molecule has 1 aromatic rings. The topological polar surface area (TPSA) is 44.8 Å². The average Bonchev–Trinajstić information content (AvgIpc) is 2.58. The van der Waals surface area contributed by atoms with Crippen molar-refractivity contribution in [3.63, 3.8) is 0 Å². The molecule has 2 rings (SSSR count). The number of rotatable bonds is 6. The van der Waals surface area contributed by atoms with Crippen molar-refractivity contribution in [2.45, 2.75) is 18.4 Å². The first-order chi connectivity index (χ1) is 11.1. The normalized spacial score (nSPS) is 17.6. The van der Waals surface area contributed by atoms with Crippen molar-refractivity contribution in [3.05, 3.63) is 59.6 Å². The third kappa shape index (κ3) is 2.88. The summed E-state index contributed by atoms with van der Waals surface area (Å²) in [5.74, 6) is 2.74. The van der Waals surface area contributed by atoms with Crippen molar-refractivity contribution >= 4 is 5.78 Å². The van der Waals surface area contributed by atoms with Gasteiger partial charge in [0, 0.05) is 18.8 Å². The van der Waals surface area contributed by atoms with Crippen molar-refractivity contribution < 1.29 is 19.0 Å². The van der Waals surface area contributed by atoms with Crippen LogP contribution in [0.2, 0.25) is 0 Å². The minimum atomic E-state index is -1.16. The van der Waals surface area contributed by atoms with Crippen molar-refractivity contribution in [2.24, 2.45) is 0 Å². The lowest BCUT2D eigenvalue weighted by molar-refractivity contribution is -0.113. The summed E-state index contributed by atoms with van der Waals surface area (Å²) in [7, 11) is 2.98. The Bertz CT molecular complexity index is 640. The van der Waals surface area contributed by atoms with Gasteiger partial charge in [0.15, 0.2) is 11.4 Å². The average molecular weight is 312 g/mol. The van der Waals surface area contributed by atoms with Crippen LogP contribution in [0, 0.1) is 12.3 Å². The minimum Gasteiger partial charge on any atom is -0.497 e. The SMILES string of the molecule is C#C[C@@H](c1ccccc1)C1(OCC)C(OC)=CC(=O)C=C1OC. The van der Waals surface area contributed by atoms with Gasteiger partial charge in [0.25, 0.3) is 0 Å². The molecule has 0 aliphatic heterocycles. The predicted octanol–water partition coefficient (Wildman–Crippen LogP) is 2.82. The largest absolute Gasteiger partial charge is 0.497 e. The number of carbonyl (C=O) groups is 1. The zero-order chi connectivity index (χ0) is 16.9. The number of ketones is 1.